The molecule has 37 heavy (non-hydrogen) atoms. The first-order valence-corrected chi connectivity index (χ1v) is 13.3. The highest BCUT2D eigenvalue weighted by atomic mass is 35.5. The third kappa shape index (κ3) is 3.64. The molecule has 2 heterocycles. The zero-order chi connectivity index (χ0) is 25.4. The second-order valence-corrected chi connectivity index (χ2v) is 11.5. The number of ether oxygens (including phenoxy) is 1. The summed E-state index contributed by atoms with van der Waals surface area (Å²) >= 11 is 12.2. The highest BCUT2D eigenvalue weighted by Gasteiger charge is 2.73. The largest absolute Gasteiger partial charge is 0.504 e. The quantitative estimate of drug-likeness (QED) is 0.521. The number of amides is 1. The van der Waals surface area contributed by atoms with Crippen molar-refractivity contribution in [2.45, 2.75) is 61.3 Å². The molecule has 1 saturated carbocycles. The fourth-order valence-corrected chi connectivity index (χ4v) is 7.84. The van der Waals surface area contributed by atoms with E-state index in [0.29, 0.717) is 48.0 Å². The predicted molar refractivity (Wildman–Crippen MR) is 146 cm³/mol. The molecule has 1 spiro atoms. The molecule has 0 unspecified atom stereocenters. The third-order valence-electron chi connectivity index (χ3n) is 9.14. The molecule has 6 rings (SSSR count). The van der Waals surface area contributed by atoms with Crippen LogP contribution in [0, 0.1) is 0 Å². The van der Waals surface area contributed by atoms with Crippen LogP contribution in [0.5, 0.6) is 11.5 Å². The van der Waals surface area contributed by atoms with Crippen molar-refractivity contribution in [3.8, 4) is 11.5 Å². The van der Waals surface area contributed by atoms with Crippen molar-refractivity contribution in [1.29, 1.82) is 0 Å². The molecule has 2 N–H and O–H groups in total. The summed E-state index contributed by atoms with van der Waals surface area (Å²) in [6, 6.07) is 8.57. The first-order chi connectivity index (χ1) is 17.2. The van der Waals surface area contributed by atoms with Gasteiger partial charge in [-0.15, -0.1) is 19.0 Å². The van der Waals surface area contributed by atoms with Gasteiger partial charge in [-0.1, -0.05) is 41.4 Å². The lowest BCUT2D eigenvalue weighted by Crippen LogP contribution is -2.78. The Balaban J connectivity index is 0.00000280. The van der Waals surface area contributed by atoms with Crippen molar-refractivity contribution < 1.29 is 19.7 Å². The molecule has 4 aliphatic rings. The lowest BCUT2D eigenvalue weighted by Gasteiger charge is -2.64. The Hall–Kier alpha value is -1.96. The van der Waals surface area contributed by atoms with E-state index in [9.17, 15) is 15.0 Å². The number of phenols is 1. The molecule has 2 aromatic rings. The van der Waals surface area contributed by atoms with Crippen LogP contribution in [-0.2, 0) is 23.1 Å². The molecule has 0 radical (unpaired) electrons. The number of halogens is 3. The molecular formula is C28H31Cl3N2O4. The van der Waals surface area contributed by atoms with Crippen molar-refractivity contribution in [2.24, 2.45) is 0 Å². The minimum Gasteiger partial charge on any atom is -0.504 e. The van der Waals surface area contributed by atoms with Gasteiger partial charge in [-0.25, -0.2) is 0 Å². The fourth-order valence-electron chi connectivity index (χ4n) is 7.52. The van der Waals surface area contributed by atoms with Gasteiger partial charge >= 0.3 is 0 Å². The van der Waals surface area contributed by atoms with Crippen molar-refractivity contribution in [1.82, 2.24) is 9.80 Å². The molecule has 1 amide bonds. The molecular weight excluding hydrogens is 535 g/mol. The number of carbonyl (C=O) groups excluding carboxylic acids is 1. The number of hydrogen-bond acceptors (Lipinski definition) is 5. The lowest BCUT2D eigenvalue weighted by molar-refractivity contribution is -0.198. The zero-order valence-electron chi connectivity index (χ0n) is 20.6. The van der Waals surface area contributed by atoms with E-state index in [1.54, 1.807) is 23.1 Å². The number of phenolic OH excluding ortho intramolecular Hbond substituents is 1. The molecule has 2 bridgehead atoms. The molecule has 2 aliphatic heterocycles. The Morgan fingerprint density at radius 3 is 2.78 bits per heavy atom. The molecule has 5 atom stereocenters. The number of carbonyl (C=O) groups is 1. The molecule has 2 aromatic carbocycles. The number of benzene rings is 2. The van der Waals surface area contributed by atoms with Gasteiger partial charge in [0.1, 0.15) is 6.10 Å². The summed E-state index contributed by atoms with van der Waals surface area (Å²) in [5, 5.41) is 24.1. The second kappa shape index (κ2) is 9.35. The van der Waals surface area contributed by atoms with Crippen molar-refractivity contribution in [3.05, 3.63) is 69.7 Å². The van der Waals surface area contributed by atoms with Gasteiger partial charge < -0.3 is 19.8 Å². The van der Waals surface area contributed by atoms with Crippen molar-refractivity contribution in [3.63, 3.8) is 0 Å². The highest BCUT2D eigenvalue weighted by molar-refractivity contribution is 6.42. The predicted octanol–water partition coefficient (Wildman–Crippen LogP) is 4.53. The number of piperidine rings is 1. The van der Waals surface area contributed by atoms with E-state index < -0.39 is 17.1 Å². The molecule has 2 aliphatic carbocycles. The topological polar surface area (TPSA) is 73.2 Å². The standard InChI is InChI=1S/C28H30Cl2N2O4.ClH/c1-3-11-32-12-10-27-24-17-5-7-21(33)25(24)36-26(27)20(8-9-28(27,35)22(32)15-17)31(2)23(34)14-16-4-6-18(29)19(30)13-16;/h3-7,13,20,22,26,33,35H,1,8-12,14-15H2,2H3;1H/t20-,22+,26-,27-,28+;/m0./s1. The van der Waals surface area contributed by atoms with Gasteiger partial charge in [-0.2, -0.15) is 0 Å². The van der Waals surface area contributed by atoms with Crippen LogP contribution in [0.2, 0.25) is 10.0 Å². The Bertz CT molecular complexity index is 1270. The summed E-state index contributed by atoms with van der Waals surface area (Å²) in [5.41, 5.74) is 1.14. The first-order valence-electron chi connectivity index (χ1n) is 12.5. The smallest absolute Gasteiger partial charge is 0.227 e. The average Bonchev–Trinajstić information content (AvgIpc) is 3.20. The van der Waals surface area contributed by atoms with Crippen LogP contribution >= 0.6 is 35.6 Å². The summed E-state index contributed by atoms with van der Waals surface area (Å²) in [4.78, 5) is 17.5. The minimum atomic E-state index is -1.02. The Morgan fingerprint density at radius 1 is 1.27 bits per heavy atom. The van der Waals surface area contributed by atoms with Gasteiger partial charge in [-0.3, -0.25) is 9.69 Å². The maximum atomic E-state index is 13.4. The van der Waals surface area contributed by atoms with E-state index in [1.807, 2.05) is 25.3 Å². The monoisotopic (exact) mass is 564 g/mol. The van der Waals surface area contributed by atoms with Gasteiger partial charge in [0.25, 0.3) is 0 Å². The van der Waals surface area contributed by atoms with Gasteiger partial charge in [0.15, 0.2) is 11.5 Å². The van der Waals surface area contributed by atoms with E-state index in [1.165, 1.54) is 0 Å². The number of hydrogen-bond donors (Lipinski definition) is 2. The molecule has 6 nitrogen and oxygen atoms in total. The van der Waals surface area contributed by atoms with Crippen LogP contribution < -0.4 is 4.74 Å². The van der Waals surface area contributed by atoms with Gasteiger partial charge in [0, 0.05) is 25.2 Å². The Kier molecular flexibility index (Phi) is 6.73. The minimum absolute atomic E-state index is 0. The number of likely N-dealkylation sites (N-methyl/N-ethyl adjacent to an activating group) is 1. The number of rotatable bonds is 5. The number of likely N-dealkylation sites (tertiary alicyclic amines) is 1. The van der Waals surface area contributed by atoms with Crippen LogP contribution in [-0.4, -0.2) is 69.8 Å². The van der Waals surface area contributed by atoms with E-state index in [0.717, 1.165) is 23.2 Å². The highest BCUT2D eigenvalue weighted by Crippen LogP contribution is 2.65. The Labute approximate surface area is 233 Å². The normalized spacial score (nSPS) is 31.1. The number of aliphatic hydroxyl groups is 1. The molecule has 9 heteroatoms. The third-order valence-corrected chi connectivity index (χ3v) is 9.87. The van der Waals surface area contributed by atoms with Crippen molar-refractivity contribution >= 4 is 41.5 Å². The summed E-state index contributed by atoms with van der Waals surface area (Å²) in [5.74, 6) is 0.514. The number of aromatic hydroxyl groups is 1. The number of nitrogens with zero attached hydrogens (tertiary/aromatic N) is 2. The average molecular weight is 566 g/mol. The zero-order valence-corrected chi connectivity index (χ0v) is 23.0. The van der Waals surface area contributed by atoms with Crippen LogP contribution in [0.3, 0.4) is 0 Å². The summed E-state index contributed by atoms with van der Waals surface area (Å²) in [6.07, 6.45) is 4.17. The van der Waals surface area contributed by atoms with Gasteiger partial charge in [0.2, 0.25) is 5.91 Å². The fraction of sp³-hybridized carbons (Fsp3) is 0.464. The second-order valence-electron chi connectivity index (χ2n) is 10.7. The van der Waals surface area contributed by atoms with E-state index in [4.69, 9.17) is 27.9 Å². The summed E-state index contributed by atoms with van der Waals surface area (Å²) in [6.45, 7) is 5.43. The van der Waals surface area contributed by atoms with E-state index in [2.05, 4.69) is 11.5 Å². The van der Waals surface area contributed by atoms with Crippen LogP contribution in [0.25, 0.3) is 0 Å². The van der Waals surface area contributed by atoms with Crippen LogP contribution in [0.15, 0.2) is 43.0 Å². The summed E-state index contributed by atoms with van der Waals surface area (Å²) < 4.78 is 6.56. The molecule has 0 aromatic heterocycles. The molecule has 2 fully saturated rings. The molecule has 1 saturated heterocycles. The summed E-state index contributed by atoms with van der Waals surface area (Å²) in [7, 11) is 1.81. The maximum absolute atomic E-state index is 13.4. The SMILES string of the molecule is C=CCN1CC[C@]23c4c5ccc(O)c4O[C@H]2[C@@H](N(C)C(=O)Cc2ccc(Cl)c(Cl)c2)CC[C@@]3(O)[C@H]1C5.Cl. The van der Waals surface area contributed by atoms with E-state index >= 15 is 0 Å². The van der Waals surface area contributed by atoms with Crippen LogP contribution in [0.1, 0.15) is 36.0 Å². The van der Waals surface area contributed by atoms with E-state index in [-0.39, 0.29) is 42.6 Å². The van der Waals surface area contributed by atoms with Gasteiger partial charge in [0.05, 0.1) is 33.5 Å². The first kappa shape index (κ1) is 26.6. The molecule has 198 valence electrons. The Morgan fingerprint density at radius 2 is 2.05 bits per heavy atom. The van der Waals surface area contributed by atoms with Crippen LogP contribution in [0.4, 0.5) is 0 Å². The van der Waals surface area contributed by atoms with Crippen molar-refractivity contribution in [2.75, 3.05) is 20.1 Å². The lowest BCUT2D eigenvalue weighted by atomic mass is 9.48. The maximum Gasteiger partial charge on any atom is 0.227 e. The van der Waals surface area contributed by atoms with Gasteiger partial charge in [-0.05, 0) is 61.6 Å².